The van der Waals surface area contributed by atoms with Crippen molar-refractivity contribution in [2.75, 3.05) is 18.6 Å². The molecule has 0 unspecified atom stereocenters. The van der Waals surface area contributed by atoms with Crippen LogP contribution in [-0.2, 0) is 0 Å². The molecule has 0 aliphatic rings. The van der Waals surface area contributed by atoms with Crippen molar-refractivity contribution in [3.05, 3.63) is 53.6 Å². The average Bonchev–Trinajstić information content (AvgIpc) is 2.52. The molecule has 0 radical (unpaired) electrons. The smallest absolute Gasteiger partial charge is 0.222 e. The molecule has 0 bridgehead atoms. The van der Waals surface area contributed by atoms with E-state index in [1.807, 2.05) is 54.6 Å². The zero-order chi connectivity index (χ0) is 15.5. The maximum Gasteiger partial charge on any atom is 0.222 e. The second-order valence-corrected chi connectivity index (χ2v) is 4.83. The lowest BCUT2D eigenvalue weighted by Crippen LogP contribution is -2.02. The predicted molar refractivity (Wildman–Crippen MR) is 90.3 cm³/mol. The summed E-state index contributed by atoms with van der Waals surface area (Å²) in [6.45, 7) is 0. The third kappa shape index (κ3) is 2.69. The molecule has 0 saturated heterocycles. The minimum Gasteiger partial charge on any atom is -0.496 e. The average molecular weight is 292 g/mol. The predicted octanol–water partition coefficient (Wildman–Crippen LogP) is 2.97. The minimum atomic E-state index is 0.149. The summed E-state index contributed by atoms with van der Waals surface area (Å²) in [6, 6.07) is 13.9. The number of methoxy groups -OCH3 is 1. The van der Waals surface area contributed by atoms with Crippen molar-refractivity contribution in [2.24, 2.45) is 0 Å². The SMILES string of the molecule is COc1cc(/C=C/c2ccccc2)cc2nc(N)nc(N)c12. The number of nitrogens with zero attached hydrogens (tertiary/aromatic N) is 2. The highest BCUT2D eigenvalue weighted by molar-refractivity contribution is 5.96. The highest BCUT2D eigenvalue weighted by Crippen LogP contribution is 2.31. The minimum absolute atomic E-state index is 0.149. The lowest BCUT2D eigenvalue weighted by Gasteiger charge is -2.09. The Kier molecular flexibility index (Phi) is 3.62. The second-order valence-electron chi connectivity index (χ2n) is 4.83. The van der Waals surface area contributed by atoms with Gasteiger partial charge in [0.1, 0.15) is 11.6 Å². The molecular weight excluding hydrogens is 276 g/mol. The molecule has 22 heavy (non-hydrogen) atoms. The van der Waals surface area contributed by atoms with Gasteiger partial charge in [-0.3, -0.25) is 0 Å². The number of aromatic nitrogens is 2. The van der Waals surface area contributed by atoms with Gasteiger partial charge in [-0.1, -0.05) is 42.5 Å². The molecule has 3 rings (SSSR count). The normalized spacial score (nSPS) is 11.1. The molecule has 4 N–H and O–H groups in total. The van der Waals surface area contributed by atoms with Gasteiger partial charge in [0, 0.05) is 0 Å². The van der Waals surface area contributed by atoms with E-state index in [9.17, 15) is 0 Å². The van der Waals surface area contributed by atoms with E-state index in [-0.39, 0.29) is 5.95 Å². The Hall–Kier alpha value is -3.08. The molecule has 0 amide bonds. The lowest BCUT2D eigenvalue weighted by atomic mass is 10.1. The van der Waals surface area contributed by atoms with E-state index in [0.717, 1.165) is 11.1 Å². The van der Waals surface area contributed by atoms with Gasteiger partial charge < -0.3 is 16.2 Å². The van der Waals surface area contributed by atoms with Crippen molar-refractivity contribution in [1.29, 1.82) is 0 Å². The van der Waals surface area contributed by atoms with Crippen molar-refractivity contribution < 1.29 is 4.74 Å². The first kappa shape index (κ1) is 13.9. The third-order valence-electron chi connectivity index (χ3n) is 3.32. The van der Waals surface area contributed by atoms with E-state index < -0.39 is 0 Å². The molecule has 1 aromatic heterocycles. The Morgan fingerprint density at radius 3 is 2.41 bits per heavy atom. The Bertz CT molecular complexity index is 844. The number of rotatable bonds is 3. The van der Waals surface area contributed by atoms with Crippen LogP contribution < -0.4 is 16.2 Å². The van der Waals surface area contributed by atoms with Crippen LogP contribution in [0.1, 0.15) is 11.1 Å². The molecule has 2 aromatic carbocycles. The third-order valence-corrected chi connectivity index (χ3v) is 3.32. The molecular formula is C17H16N4O. The first-order valence-electron chi connectivity index (χ1n) is 6.81. The second kappa shape index (κ2) is 5.73. The Morgan fingerprint density at radius 2 is 1.68 bits per heavy atom. The van der Waals surface area contributed by atoms with E-state index in [2.05, 4.69) is 9.97 Å². The number of nitrogens with two attached hydrogens (primary N) is 2. The molecule has 0 fully saturated rings. The summed E-state index contributed by atoms with van der Waals surface area (Å²) in [7, 11) is 1.59. The Balaban J connectivity index is 2.10. The van der Waals surface area contributed by atoms with Gasteiger partial charge in [0.2, 0.25) is 5.95 Å². The van der Waals surface area contributed by atoms with E-state index in [1.54, 1.807) is 7.11 Å². The number of nitrogen functional groups attached to an aromatic ring is 2. The number of benzene rings is 2. The molecule has 5 nitrogen and oxygen atoms in total. The Labute approximate surface area is 128 Å². The van der Waals surface area contributed by atoms with Gasteiger partial charge in [0.05, 0.1) is 18.0 Å². The van der Waals surface area contributed by atoms with E-state index >= 15 is 0 Å². The molecule has 0 aliphatic heterocycles. The number of hydrogen-bond acceptors (Lipinski definition) is 5. The summed E-state index contributed by atoms with van der Waals surface area (Å²) in [4.78, 5) is 8.21. The van der Waals surface area contributed by atoms with Gasteiger partial charge in [-0.2, -0.15) is 4.98 Å². The molecule has 110 valence electrons. The van der Waals surface area contributed by atoms with Crippen LogP contribution >= 0.6 is 0 Å². The molecule has 0 aliphatic carbocycles. The van der Waals surface area contributed by atoms with Crippen LogP contribution in [0.5, 0.6) is 5.75 Å². The fraction of sp³-hybridized carbons (Fsp3) is 0.0588. The van der Waals surface area contributed by atoms with Crippen LogP contribution in [0.15, 0.2) is 42.5 Å². The number of ether oxygens (including phenoxy) is 1. The number of hydrogen-bond donors (Lipinski definition) is 2. The maximum atomic E-state index is 5.92. The quantitative estimate of drug-likeness (QED) is 0.725. The fourth-order valence-electron chi connectivity index (χ4n) is 2.31. The highest BCUT2D eigenvalue weighted by atomic mass is 16.5. The van der Waals surface area contributed by atoms with Crippen molar-refractivity contribution in [3.8, 4) is 5.75 Å². The van der Waals surface area contributed by atoms with Gasteiger partial charge >= 0.3 is 0 Å². The molecule has 0 spiro atoms. The van der Waals surface area contributed by atoms with Crippen molar-refractivity contribution in [2.45, 2.75) is 0 Å². The first-order chi connectivity index (χ1) is 10.7. The van der Waals surface area contributed by atoms with Gasteiger partial charge in [0.15, 0.2) is 0 Å². The van der Waals surface area contributed by atoms with Crippen LogP contribution in [0.4, 0.5) is 11.8 Å². The van der Waals surface area contributed by atoms with Crippen LogP contribution in [-0.4, -0.2) is 17.1 Å². The van der Waals surface area contributed by atoms with Gasteiger partial charge in [-0.25, -0.2) is 4.98 Å². The summed E-state index contributed by atoms with van der Waals surface area (Å²) in [6.07, 6.45) is 4.01. The summed E-state index contributed by atoms with van der Waals surface area (Å²) in [5.41, 5.74) is 14.3. The van der Waals surface area contributed by atoms with Crippen molar-refractivity contribution in [3.63, 3.8) is 0 Å². The maximum absolute atomic E-state index is 5.92. The van der Waals surface area contributed by atoms with E-state index in [1.165, 1.54) is 0 Å². The lowest BCUT2D eigenvalue weighted by molar-refractivity contribution is 0.419. The fourth-order valence-corrected chi connectivity index (χ4v) is 2.31. The summed E-state index contributed by atoms with van der Waals surface area (Å²) >= 11 is 0. The zero-order valence-corrected chi connectivity index (χ0v) is 12.2. The van der Waals surface area contributed by atoms with Crippen LogP contribution in [0.25, 0.3) is 23.1 Å². The van der Waals surface area contributed by atoms with Crippen LogP contribution in [0.3, 0.4) is 0 Å². The van der Waals surface area contributed by atoms with Crippen LogP contribution in [0, 0.1) is 0 Å². The van der Waals surface area contributed by atoms with Crippen LogP contribution in [0.2, 0.25) is 0 Å². The van der Waals surface area contributed by atoms with E-state index in [4.69, 9.17) is 16.2 Å². The van der Waals surface area contributed by atoms with Gasteiger partial charge in [0.25, 0.3) is 0 Å². The molecule has 0 saturated carbocycles. The largest absolute Gasteiger partial charge is 0.496 e. The molecule has 5 heteroatoms. The summed E-state index contributed by atoms with van der Waals surface area (Å²) in [5, 5.41) is 0.675. The van der Waals surface area contributed by atoms with Crippen molar-refractivity contribution >= 4 is 34.8 Å². The topological polar surface area (TPSA) is 87.0 Å². The monoisotopic (exact) mass is 292 g/mol. The number of anilines is 2. The highest BCUT2D eigenvalue weighted by Gasteiger charge is 2.10. The van der Waals surface area contributed by atoms with Gasteiger partial charge in [-0.05, 0) is 23.3 Å². The summed E-state index contributed by atoms with van der Waals surface area (Å²) in [5.74, 6) is 1.09. The van der Waals surface area contributed by atoms with Gasteiger partial charge in [-0.15, -0.1) is 0 Å². The Morgan fingerprint density at radius 1 is 0.955 bits per heavy atom. The number of fused-ring (bicyclic) bond motifs is 1. The molecule has 1 heterocycles. The molecule has 3 aromatic rings. The zero-order valence-electron chi connectivity index (χ0n) is 12.2. The van der Waals surface area contributed by atoms with Crippen molar-refractivity contribution in [1.82, 2.24) is 9.97 Å². The van der Waals surface area contributed by atoms with E-state index in [0.29, 0.717) is 22.5 Å². The first-order valence-corrected chi connectivity index (χ1v) is 6.81. The summed E-state index contributed by atoms with van der Waals surface area (Å²) < 4.78 is 5.41. The molecule has 0 atom stereocenters. The standard InChI is InChI=1S/C17H16N4O/c1-22-14-10-12(8-7-11-5-3-2-4-6-11)9-13-15(14)16(18)21-17(19)20-13/h2-10H,1H3,(H4,18,19,20,21)/b8-7+.